The van der Waals surface area contributed by atoms with E-state index in [4.69, 9.17) is 4.42 Å². The molecule has 0 aliphatic heterocycles. The highest BCUT2D eigenvalue weighted by atomic mass is 32.2. The van der Waals surface area contributed by atoms with E-state index in [-0.39, 0.29) is 11.7 Å². The molecule has 20 heavy (non-hydrogen) atoms. The Morgan fingerprint density at radius 3 is 2.75 bits per heavy atom. The van der Waals surface area contributed by atoms with Gasteiger partial charge in [0.15, 0.2) is 0 Å². The van der Waals surface area contributed by atoms with Crippen molar-refractivity contribution < 1.29 is 9.21 Å². The Bertz CT molecular complexity index is 511. The molecule has 0 bridgehead atoms. The van der Waals surface area contributed by atoms with E-state index in [1.54, 1.807) is 13.1 Å². The van der Waals surface area contributed by atoms with Crippen LogP contribution in [-0.2, 0) is 4.79 Å². The van der Waals surface area contributed by atoms with Crippen LogP contribution in [-0.4, -0.2) is 16.5 Å². The van der Waals surface area contributed by atoms with Gasteiger partial charge in [0, 0.05) is 4.90 Å². The minimum atomic E-state index is -0.188. The first-order chi connectivity index (χ1) is 9.77. The molecule has 0 fully saturated rings. The Balaban J connectivity index is 1.70. The quantitative estimate of drug-likeness (QED) is 0.536. The maximum Gasteiger partial charge on any atom is 0.204 e. The van der Waals surface area contributed by atoms with Crippen molar-refractivity contribution in [3.63, 3.8) is 0 Å². The number of carbonyl (C=O) groups excluding carboxylic acids is 1. The summed E-state index contributed by atoms with van der Waals surface area (Å²) in [4.78, 5) is 17.0. The van der Waals surface area contributed by atoms with Gasteiger partial charge in [-0.2, -0.15) is 0 Å². The molecule has 2 aromatic rings. The van der Waals surface area contributed by atoms with E-state index < -0.39 is 0 Å². The molecule has 0 amide bonds. The third-order valence-electron chi connectivity index (χ3n) is 3.14. The number of ketones is 1. The van der Waals surface area contributed by atoms with E-state index >= 15 is 0 Å². The molecule has 0 aliphatic rings. The van der Waals surface area contributed by atoms with Gasteiger partial charge in [0.05, 0.1) is 12.1 Å². The maximum absolute atomic E-state index is 11.6. The highest BCUT2D eigenvalue weighted by Gasteiger charge is 2.20. The van der Waals surface area contributed by atoms with E-state index in [0.29, 0.717) is 5.89 Å². The summed E-state index contributed by atoms with van der Waals surface area (Å²) in [5, 5.41) is 0. The fraction of sp³-hybridized carbons (Fsp3) is 0.375. The number of hydrogen-bond acceptors (Lipinski definition) is 4. The van der Waals surface area contributed by atoms with Crippen molar-refractivity contribution in [2.45, 2.75) is 37.0 Å². The zero-order valence-corrected chi connectivity index (χ0v) is 12.4. The summed E-state index contributed by atoms with van der Waals surface area (Å²) in [6.45, 7) is 1.60. The van der Waals surface area contributed by atoms with Crippen molar-refractivity contribution in [2.75, 3.05) is 5.75 Å². The van der Waals surface area contributed by atoms with E-state index in [2.05, 4.69) is 29.2 Å². The summed E-state index contributed by atoms with van der Waals surface area (Å²) in [7, 11) is 0. The lowest BCUT2D eigenvalue weighted by Gasteiger charge is -2.09. The molecule has 0 aliphatic carbocycles. The SMILES string of the molecule is CC(=O)C(CCCCSc1ccccc1)c1ncco1. The van der Waals surface area contributed by atoms with Gasteiger partial charge in [0.2, 0.25) is 5.89 Å². The van der Waals surface area contributed by atoms with Gasteiger partial charge < -0.3 is 4.42 Å². The van der Waals surface area contributed by atoms with Gasteiger partial charge in [-0.1, -0.05) is 24.6 Å². The van der Waals surface area contributed by atoms with Crippen LogP contribution < -0.4 is 0 Å². The summed E-state index contributed by atoms with van der Waals surface area (Å²) in [5.41, 5.74) is 0. The number of carbonyl (C=O) groups is 1. The number of oxazole rings is 1. The van der Waals surface area contributed by atoms with Gasteiger partial charge in [-0.3, -0.25) is 4.79 Å². The van der Waals surface area contributed by atoms with Crippen molar-refractivity contribution in [3.8, 4) is 0 Å². The van der Waals surface area contributed by atoms with E-state index in [1.807, 2.05) is 17.8 Å². The molecule has 1 aromatic heterocycles. The van der Waals surface area contributed by atoms with E-state index in [0.717, 1.165) is 25.0 Å². The number of aromatic nitrogens is 1. The van der Waals surface area contributed by atoms with Gasteiger partial charge in [-0.15, -0.1) is 11.8 Å². The molecule has 1 heterocycles. The van der Waals surface area contributed by atoms with Crippen molar-refractivity contribution in [2.24, 2.45) is 0 Å². The molecule has 1 atom stereocenters. The van der Waals surface area contributed by atoms with Crippen LogP contribution in [0.4, 0.5) is 0 Å². The fourth-order valence-electron chi connectivity index (χ4n) is 2.06. The summed E-state index contributed by atoms with van der Waals surface area (Å²) in [6.07, 6.45) is 6.02. The lowest BCUT2D eigenvalue weighted by molar-refractivity contribution is -0.119. The number of benzene rings is 1. The second kappa shape index (κ2) is 7.90. The Morgan fingerprint density at radius 1 is 1.30 bits per heavy atom. The third-order valence-corrected chi connectivity index (χ3v) is 4.24. The first-order valence-electron chi connectivity index (χ1n) is 6.85. The highest BCUT2D eigenvalue weighted by molar-refractivity contribution is 7.99. The zero-order chi connectivity index (χ0) is 14.2. The smallest absolute Gasteiger partial charge is 0.204 e. The monoisotopic (exact) mass is 289 g/mol. The minimum Gasteiger partial charge on any atom is -0.448 e. The number of unbranched alkanes of at least 4 members (excludes halogenated alkanes) is 1. The molecule has 0 spiro atoms. The minimum absolute atomic E-state index is 0.128. The van der Waals surface area contributed by atoms with Crippen molar-refractivity contribution in [3.05, 3.63) is 48.7 Å². The summed E-state index contributed by atoms with van der Waals surface area (Å²) < 4.78 is 5.25. The molecule has 0 saturated carbocycles. The van der Waals surface area contributed by atoms with Crippen LogP contribution >= 0.6 is 11.8 Å². The topological polar surface area (TPSA) is 43.1 Å². The summed E-state index contributed by atoms with van der Waals surface area (Å²) >= 11 is 1.85. The van der Waals surface area contributed by atoms with Crippen LogP contribution in [0.1, 0.15) is 38.0 Å². The van der Waals surface area contributed by atoms with Crippen LogP contribution in [0.15, 0.2) is 52.1 Å². The van der Waals surface area contributed by atoms with Crippen LogP contribution in [0.5, 0.6) is 0 Å². The third kappa shape index (κ3) is 4.53. The fourth-order valence-corrected chi connectivity index (χ4v) is 3.00. The molecule has 0 saturated heterocycles. The largest absolute Gasteiger partial charge is 0.448 e. The van der Waals surface area contributed by atoms with Gasteiger partial charge in [-0.25, -0.2) is 4.98 Å². The molecular formula is C16H19NO2S. The number of rotatable bonds is 8. The van der Waals surface area contributed by atoms with E-state index in [1.165, 1.54) is 11.2 Å². The van der Waals surface area contributed by atoms with E-state index in [9.17, 15) is 4.79 Å². The molecule has 3 nitrogen and oxygen atoms in total. The van der Waals surface area contributed by atoms with Crippen molar-refractivity contribution >= 4 is 17.5 Å². The number of hydrogen-bond donors (Lipinski definition) is 0. The van der Waals surface area contributed by atoms with Gasteiger partial charge in [0.25, 0.3) is 0 Å². The van der Waals surface area contributed by atoms with Crippen LogP contribution in [0.2, 0.25) is 0 Å². The lowest BCUT2D eigenvalue weighted by Crippen LogP contribution is -2.09. The molecule has 1 aromatic carbocycles. The number of nitrogens with zero attached hydrogens (tertiary/aromatic N) is 1. The Labute approximate surface area is 123 Å². The second-order valence-electron chi connectivity index (χ2n) is 4.69. The Kier molecular flexibility index (Phi) is 5.87. The molecule has 0 radical (unpaired) electrons. The maximum atomic E-state index is 11.6. The van der Waals surface area contributed by atoms with Crippen molar-refractivity contribution in [1.82, 2.24) is 4.98 Å². The number of thioether (sulfide) groups is 1. The predicted molar refractivity (Wildman–Crippen MR) is 80.9 cm³/mol. The second-order valence-corrected chi connectivity index (χ2v) is 5.86. The van der Waals surface area contributed by atoms with Crippen LogP contribution in [0.3, 0.4) is 0 Å². The molecule has 106 valence electrons. The Hall–Kier alpha value is -1.55. The normalized spacial score (nSPS) is 12.2. The van der Waals surface area contributed by atoms with Gasteiger partial charge in [0.1, 0.15) is 12.0 Å². The molecule has 2 rings (SSSR count). The molecule has 4 heteroatoms. The highest BCUT2D eigenvalue weighted by Crippen LogP contribution is 2.24. The molecular weight excluding hydrogens is 270 g/mol. The van der Waals surface area contributed by atoms with Crippen LogP contribution in [0.25, 0.3) is 0 Å². The first-order valence-corrected chi connectivity index (χ1v) is 7.83. The average Bonchev–Trinajstić information content (AvgIpc) is 2.97. The lowest BCUT2D eigenvalue weighted by atomic mass is 9.98. The molecule has 0 N–H and O–H groups in total. The Morgan fingerprint density at radius 2 is 2.10 bits per heavy atom. The zero-order valence-electron chi connectivity index (χ0n) is 11.6. The predicted octanol–water partition coefficient (Wildman–Crippen LogP) is 4.31. The number of Topliss-reactive ketones (excluding diaryl/α,β-unsaturated/α-hetero) is 1. The summed E-state index contributed by atoms with van der Waals surface area (Å²) in [5.74, 6) is 1.56. The standard InChI is InChI=1S/C16H19NO2S/c1-13(18)15(16-17-10-11-19-16)9-5-6-12-20-14-7-3-2-4-8-14/h2-4,7-8,10-11,15H,5-6,9,12H2,1H3. The van der Waals surface area contributed by atoms with Crippen molar-refractivity contribution in [1.29, 1.82) is 0 Å². The average molecular weight is 289 g/mol. The van der Waals surface area contributed by atoms with Gasteiger partial charge >= 0.3 is 0 Å². The first kappa shape index (κ1) is 14.9. The summed E-state index contributed by atoms with van der Waals surface area (Å²) in [6, 6.07) is 10.4. The molecule has 1 unspecified atom stereocenters. The van der Waals surface area contributed by atoms with Crippen LogP contribution in [0, 0.1) is 0 Å². The van der Waals surface area contributed by atoms with Gasteiger partial charge in [-0.05, 0) is 37.7 Å².